The molecule has 1 N–H and O–H groups in total. The molecule has 6 heteroatoms. The Morgan fingerprint density at radius 3 is 1.42 bits per heavy atom. The van der Waals surface area contributed by atoms with Gasteiger partial charge in [-0.05, 0) is 75.8 Å². The third kappa shape index (κ3) is 37.6. The molecule has 0 bridgehead atoms. The fourth-order valence-electron chi connectivity index (χ4n) is 7.44. The molecule has 0 spiro atoms. The Hall–Kier alpha value is -1.14. The van der Waals surface area contributed by atoms with E-state index in [9.17, 15) is 14.7 Å². The number of nitrogens with zero attached hydrogens (tertiary/aromatic N) is 1. The highest BCUT2D eigenvalue weighted by molar-refractivity contribution is 5.69. The normalized spacial score (nSPS) is 11.9. The average Bonchev–Trinajstić information content (AvgIpc) is 3.13. The maximum Gasteiger partial charge on any atom is 0.305 e. The van der Waals surface area contributed by atoms with Gasteiger partial charge in [-0.1, -0.05) is 176 Å². The number of esters is 2. The zero-order valence-electron chi connectivity index (χ0n) is 36.5. The van der Waals surface area contributed by atoms with E-state index in [0.29, 0.717) is 32.0 Å². The number of carbonyl (C=O) groups excluding carboxylic acids is 2. The number of aliphatic hydroxyl groups excluding tert-OH is 1. The van der Waals surface area contributed by atoms with Gasteiger partial charge in [-0.25, -0.2) is 0 Å². The van der Waals surface area contributed by atoms with E-state index in [2.05, 4.69) is 39.5 Å². The van der Waals surface area contributed by atoms with Gasteiger partial charge in [0.15, 0.2) is 0 Å². The van der Waals surface area contributed by atoms with Gasteiger partial charge in [0.1, 0.15) is 0 Å². The summed E-state index contributed by atoms with van der Waals surface area (Å²) in [4.78, 5) is 27.0. The predicted octanol–water partition coefficient (Wildman–Crippen LogP) is 13.6. The second kappa shape index (κ2) is 39.1. The van der Waals surface area contributed by atoms with Gasteiger partial charge in [0, 0.05) is 19.4 Å². The predicted molar refractivity (Wildman–Crippen MR) is 227 cm³/mol. The number of rotatable bonds is 42. The summed E-state index contributed by atoms with van der Waals surface area (Å²) in [6.07, 6.45) is 37.6. The van der Waals surface area contributed by atoms with Gasteiger partial charge in [0.2, 0.25) is 0 Å². The lowest BCUT2D eigenvalue weighted by Crippen LogP contribution is -2.29. The quantitative estimate of drug-likeness (QED) is 0.0494. The first-order valence-electron chi connectivity index (χ1n) is 23.4. The Bertz CT molecular complexity index is 773. The molecule has 0 aliphatic carbocycles. The minimum absolute atomic E-state index is 0.00465. The highest BCUT2D eigenvalue weighted by atomic mass is 16.5. The molecule has 0 rings (SSSR count). The molecule has 0 atom stereocenters. The van der Waals surface area contributed by atoms with Crippen molar-refractivity contribution in [3.63, 3.8) is 0 Å². The smallest absolute Gasteiger partial charge is 0.305 e. The molecule has 0 saturated heterocycles. The fraction of sp³-hybridized carbons (Fsp3) is 0.957. The van der Waals surface area contributed by atoms with Crippen molar-refractivity contribution in [1.29, 1.82) is 0 Å². The monoisotopic (exact) mass is 752 g/mol. The molecule has 0 radical (unpaired) electrons. The Kier molecular flexibility index (Phi) is 38.3. The molecule has 0 unspecified atom stereocenters. The summed E-state index contributed by atoms with van der Waals surface area (Å²) in [5.41, 5.74) is 0.189. The third-order valence-corrected chi connectivity index (χ3v) is 11.3. The summed E-state index contributed by atoms with van der Waals surface area (Å²) in [6, 6.07) is 0. The summed E-state index contributed by atoms with van der Waals surface area (Å²) in [6.45, 7) is 15.6. The molecule has 0 fully saturated rings. The van der Waals surface area contributed by atoms with E-state index < -0.39 is 0 Å². The van der Waals surface area contributed by atoms with Crippen LogP contribution in [0.1, 0.15) is 240 Å². The van der Waals surface area contributed by atoms with E-state index in [1.54, 1.807) is 0 Å². The molecule has 0 aromatic carbocycles. The highest BCUT2D eigenvalue weighted by Crippen LogP contribution is 2.28. The minimum atomic E-state index is -0.0268. The van der Waals surface area contributed by atoms with Crippen LogP contribution in [0.4, 0.5) is 0 Å². The number of aliphatic hydroxyl groups is 1. The maximum absolute atomic E-state index is 12.5. The van der Waals surface area contributed by atoms with Crippen molar-refractivity contribution in [3.8, 4) is 0 Å². The molecule has 53 heavy (non-hydrogen) atoms. The van der Waals surface area contributed by atoms with Crippen molar-refractivity contribution in [3.05, 3.63) is 0 Å². The van der Waals surface area contributed by atoms with Gasteiger partial charge in [-0.15, -0.1) is 0 Å². The second-order valence-electron chi connectivity index (χ2n) is 17.2. The lowest BCUT2D eigenvalue weighted by molar-refractivity contribution is -0.146. The largest absolute Gasteiger partial charge is 0.466 e. The zero-order valence-corrected chi connectivity index (χ0v) is 36.5. The Morgan fingerprint density at radius 1 is 0.509 bits per heavy atom. The zero-order chi connectivity index (χ0) is 39.1. The van der Waals surface area contributed by atoms with Gasteiger partial charge in [0.25, 0.3) is 0 Å². The number of unbranched alkanes of at least 4 members (excludes halogenated alkanes) is 21. The SMILES string of the molecule is CCCCCCCCCC(=O)OCCC(C)(C)CCCCCN(CCO)CCCCCCCCC(=O)OCC(CCCCCCC)CCCCCCC. The van der Waals surface area contributed by atoms with E-state index in [0.717, 1.165) is 64.6 Å². The maximum atomic E-state index is 12.5. The first-order chi connectivity index (χ1) is 25.8. The van der Waals surface area contributed by atoms with Crippen LogP contribution in [0.3, 0.4) is 0 Å². The van der Waals surface area contributed by atoms with Crippen LogP contribution in [0.15, 0.2) is 0 Å². The van der Waals surface area contributed by atoms with Gasteiger partial charge < -0.3 is 19.5 Å². The van der Waals surface area contributed by atoms with Crippen LogP contribution in [0.25, 0.3) is 0 Å². The van der Waals surface area contributed by atoms with Crippen LogP contribution < -0.4 is 0 Å². The van der Waals surface area contributed by atoms with Crippen molar-refractivity contribution in [2.45, 2.75) is 240 Å². The Labute approximate surface area is 331 Å². The topological polar surface area (TPSA) is 76.1 Å². The van der Waals surface area contributed by atoms with E-state index >= 15 is 0 Å². The molecule has 6 nitrogen and oxygen atoms in total. The molecule has 0 saturated carbocycles. The Balaban J connectivity index is 3.98. The molecule has 0 aliphatic heterocycles. The van der Waals surface area contributed by atoms with Crippen molar-refractivity contribution in [1.82, 2.24) is 4.90 Å². The first-order valence-corrected chi connectivity index (χ1v) is 23.4. The van der Waals surface area contributed by atoms with E-state index in [4.69, 9.17) is 9.47 Å². The number of carbonyl (C=O) groups is 2. The summed E-state index contributed by atoms with van der Waals surface area (Å²) in [5, 5.41) is 9.60. The summed E-state index contributed by atoms with van der Waals surface area (Å²) < 4.78 is 11.3. The van der Waals surface area contributed by atoms with Crippen LogP contribution in [0.2, 0.25) is 0 Å². The van der Waals surface area contributed by atoms with Crippen molar-refractivity contribution in [2.24, 2.45) is 11.3 Å². The third-order valence-electron chi connectivity index (χ3n) is 11.3. The van der Waals surface area contributed by atoms with E-state index in [-0.39, 0.29) is 24.0 Å². The van der Waals surface area contributed by atoms with Crippen LogP contribution in [-0.2, 0) is 19.1 Å². The Morgan fingerprint density at radius 2 is 0.925 bits per heavy atom. The molecule has 316 valence electrons. The van der Waals surface area contributed by atoms with Crippen molar-refractivity contribution < 1.29 is 24.2 Å². The van der Waals surface area contributed by atoms with Crippen LogP contribution in [-0.4, -0.2) is 61.4 Å². The average molecular weight is 752 g/mol. The molecule has 0 amide bonds. The molecule has 0 heterocycles. The van der Waals surface area contributed by atoms with Crippen LogP contribution in [0, 0.1) is 11.3 Å². The van der Waals surface area contributed by atoms with E-state index in [1.165, 1.54) is 148 Å². The van der Waals surface area contributed by atoms with Gasteiger partial charge in [-0.3, -0.25) is 9.59 Å². The minimum Gasteiger partial charge on any atom is -0.466 e. The fourth-order valence-corrected chi connectivity index (χ4v) is 7.44. The summed E-state index contributed by atoms with van der Waals surface area (Å²) >= 11 is 0. The van der Waals surface area contributed by atoms with Crippen LogP contribution >= 0.6 is 0 Å². The van der Waals surface area contributed by atoms with Gasteiger partial charge in [0.05, 0.1) is 19.8 Å². The van der Waals surface area contributed by atoms with E-state index in [1.807, 2.05) is 0 Å². The molecule has 0 aromatic rings. The molecular weight excluding hydrogens is 659 g/mol. The standard InChI is InChI=1S/C47H93NO5/c1-6-9-12-15-16-21-27-34-45(50)52-42-37-47(4,5)36-29-24-31-39-48(40-41-49)38-30-23-18-17-22-28-35-46(51)53-43-44(32-25-19-13-10-7-2)33-26-20-14-11-8-3/h44,49H,6-43H2,1-5H3. The van der Waals surface area contributed by atoms with Crippen molar-refractivity contribution in [2.75, 3.05) is 39.5 Å². The molecular formula is C47H93NO5. The lowest BCUT2D eigenvalue weighted by Gasteiger charge is -2.25. The molecule has 0 aromatic heterocycles. The van der Waals surface area contributed by atoms with Crippen LogP contribution in [0.5, 0.6) is 0 Å². The van der Waals surface area contributed by atoms with Gasteiger partial charge in [-0.2, -0.15) is 0 Å². The number of hydrogen-bond donors (Lipinski definition) is 1. The molecule has 0 aliphatic rings. The summed E-state index contributed by atoms with van der Waals surface area (Å²) in [7, 11) is 0. The number of ether oxygens (including phenoxy) is 2. The number of hydrogen-bond acceptors (Lipinski definition) is 6. The van der Waals surface area contributed by atoms with Gasteiger partial charge >= 0.3 is 11.9 Å². The highest BCUT2D eigenvalue weighted by Gasteiger charge is 2.18. The first kappa shape index (κ1) is 51.9. The second-order valence-corrected chi connectivity index (χ2v) is 17.2. The van der Waals surface area contributed by atoms with Crippen molar-refractivity contribution >= 4 is 11.9 Å². The lowest BCUT2D eigenvalue weighted by atomic mass is 9.84. The summed E-state index contributed by atoms with van der Waals surface area (Å²) in [5.74, 6) is 0.518.